The lowest BCUT2D eigenvalue weighted by atomic mass is 9.80. The van der Waals surface area contributed by atoms with Crippen molar-refractivity contribution >= 4 is 19.2 Å². The van der Waals surface area contributed by atoms with E-state index < -0.39 is 5.60 Å². The second kappa shape index (κ2) is 7.75. The third-order valence-corrected chi connectivity index (χ3v) is 4.46. The summed E-state index contributed by atoms with van der Waals surface area (Å²) in [6, 6.07) is 31.0. The van der Waals surface area contributed by atoms with Crippen LogP contribution in [0, 0.1) is 0 Å². The van der Waals surface area contributed by atoms with E-state index in [9.17, 15) is 0 Å². The molecule has 1 nitrogen and oxygen atoms in total. The van der Waals surface area contributed by atoms with Crippen molar-refractivity contribution in [1.82, 2.24) is 0 Å². The lowest BCUT2D eigenvalue weighted by Crippen LogP contribution is -2.32. The fourth-order valence-electron chi connectivity index (χ4n) is 2.90. The molecule has 0 heterocycles. The van der Waals surface area contributed by atoms with Gasteiger partial charge in [0, 0.05) is 7.93 Å². The molecule has 0 aliphatic rings. The van der Waals surface area contributed by atoms with Gasteiger partial charge in [0.25, 0.3) is 0 Å². The Labute approximate surface area is 143 Å². The topological polar surface area (TPSA) is 9.23 Å². The summed E-state index contributed by atoms with van der Waals surface area (Å²) >= 11 is 5.97. The Morgan fingerprint density at radius 2 is 1.00 bits per heavy atom. The molecule has 3 rings (SSSR count). The van der Waals surface area contributed by atoms with Gasteiger partial charge in [-0.05, 0) is 16.7 Å². The highest BCUT2D eigenvalue weighted by atomic mass is 35.7. The van der Waals surface area contributed by atoms with Crippen molar-refractivity contribution in [2.24, 2.45) is 0 Å². The molecule has 0 radical (unpaired) electrons. The van der Waals surface area contributed by atoms with Gasteiger partial charge >= 0.3 is 0 Å². The molecular weight excluding hydrogens is 323 g/mol. The zero-order valence-electron chi connectivity index (χ0n) is 12.7. The lowest BCUT2D eigenvalue weighted by molar-refractivity contribution is 0.0460. The summed E-state index contributed by atoms with van der Waals surface area (Å²) < 4.78 is 6.42. The number of ether oxygens (including phenoxy) is 1. The van der Waals surface area contributed by atoms with Crippen LogP contribution in [0.4, 0.5) is 0 Å². The molecule has 0 aromatic heterocycles. The Morgan fingerprint density at radius 1 is 0.652 bits per heavy atom. The van der Waals surface area contributed by atoms with E-state index >= 15 is 0 Å². The van der Waals surface area contributed by atoms with Crippen LogP contribution < -0.4 is 0 Å². The molecule has 1 unspecified atom stereocenters. The second-order valence-corrected chi connectivity index (χ2v) is 6.56. The number of rotatable bonds is 6. The number of hydrogen-bond acceptors (Lipinski definition) is 1. The van der Waals surface area contributed by atoms with Crippen LogP contribution in [0.2, 0.25) is 0 Å². The van der Waals surface area contributed by atoms with Gasteiger partial charge in [0.05, 0.1) is 6.35 Å². The SMILES string of the molecule is ClPCOC(c1ccccc1)(c1ccccc1)c1ccccc1. The number of benzene rings is 3. The molecule has 0 N–H and O–H groups in total. The molecule has 0 aliphatic heterocycles. The maximum Gasteiger partial charge on any atom is 0.144 e. The van der Waals surface area contributed by atoms with Crippen molar-refractivity contribution in [3.63, 3.8) is 0 Å². The fourth-order valence-corrected chi connectivity index (χ4v) is 3.34. The van der Waals surface area contributed by atoms with Gasteiger partial charge in [0.1, 0.15) is 5.60 Å². The van der Waals surface area contributed by atoms with Crippen LogP contribution in [0.15, 0.2) is 91.0 Å². The van der Waals surface area contributed by atoms with Crippen LogP contribution in [0.3, 0.4) is 0 Å². The Kier molecular flexibility index (Phi) is 5.46. The molecule has 3 heteroatoms. The Hall–Kier alpha value is -1.66. The van der Waals surface area contributed by atoms with Crippen molar-refractivity contribution in [2.45, 2.75) is 5.60 Å². The Bertz CT molecular complexity index is 620. The molecule has 23 heavy (non-hydrogen) atoms. The summed E-state index contributed by atoms with van der Waals surface area (Å²) in [5.74, 6) is 0. The first kappa shape index (κ1) is 16.2. The summed E-state index contributed by atoms with van der Waals surface area (Å²) in [6.07, 6.45) is 0.500. The summed E-state index contributed by atoms with van der Waals surface area (Å²) in [6.45, 7) is 0. The van der Waals surface area contributed by atoms with Crippen LogP contribution in [-0.2, 0) is 10.3 Å². The molecule has 3 aromatic rings. The van der Waals surface area contributed by atoms with Gasteiger partial charge in [-0.2, -0.15) is 0 Å². The van der Waals surface area contributed by atoms with Crippen LogP contribution in [0.25, 0.3) is 0 Å². The Morgan fingerprint density at radius 3 is 1.30 bits per heavy atom. The fraction of sp³-hybridized carbons (Fsp3) is 0.100. The summed E-state index contributed by atoms with van der Waals surface area (Å²) in [5.41, 5.74) is 2.66. The highest BCUT2D eigenvalue weighted by Crippen LogP contribution is 2.41. The molecule has 116 valence electrons. The van der Waals surface area contributed by atoms with Crippen LogP contribution in [-0.4, -0.2) is 6.35 Å². The van der Waals surface area contributed by atoms with Crippen LogP contribution in [0.5, 0.6) is 0 Å². The Balaban J connectivity index is 2.25. The van der Waals surface area contributed by atoms with Crippen molar-refractivity contribution in [2.75, 3.05) is 6.35 Å². The van der Waals surface area contributed by atoms with Gasteiger partial charge in [-0.1, -0.05) is 102 Å². The molecule has 0 saturated heterocycles. The predicted octanol–water partition coefficient (Wildman–Crippen LogP) is 5.78. The van der Waals surface area contributed by atoms with E-state index in [0.717, 1.165) is 16.7 Å². The molecule has 3 aromatic carbocycles. The van der Waals surface area contributed by atoms with E-state index in [2.05, 4.69) is 36.4 Å². The van der Waals surface area contributed by atoms with Gasteiger partial charge in [0.2, 0.25) is 0 Å². The first-order valence-corrected chi connectivity index (χ1v) is 9.74. The van der Waals surface area contributed by atoms with Gasteiger partial charge in [0.15, 0.2) is 0 Å². The molecule has 0 fully saturated rings. The quantitative estimate of drug-likeness (QED) is 0.408. The van der Waals surface area contributed by atoms with Crippen molar-refractivity contribution in [1.29, 1.82) is 0 Å². The predicted molar refractivity (Wildman–Crippen MR) is 99.3 cm³/mol. The lowest BCUT2D eigenvalue weighted by Gasteiger charge is -2.35. The van der Waals surface area contributed by atoms with E-state index in [1.165, 1.54) is 0 Å². The second-order valence-electron chi connectivity index (χ2n) is 5.20. The normalized spacial score (nSPS) is 11.9. The molecule has 0 amide bonds. The van der Waals surface area contributed by atoms with E-state index in [1.54, 1.807) is 0 Å². The van der Waals surface area contributed by atoms with Gasteiger partial charge < -0.3 is 4.74 Å². The minimum Gasteiger partial charge on any atom is -0.355 e. The van der Waals surface area contributed by atoms with E-state index in [1.807, 2.05) is 54.6 Å². The molecule has 1 atom stereocenters. The minimum atomic E-state index is -0.647. The molecule has 0 aliphatic carbocycles. The average molecular weight is 341 g/mol. The standard InChI is InChI=1S/C20H18ClOP/c21-23-16-22-20(17-10-4-1-5-11-17,18-12-6-2-7-13-18)19-14-8-3-9-15-19/h1-15,23H,16H2. The summed E-state index contributed by atoms with van der Waals surface area (Å²) in [4.78, 5) is 0. The largest absolute Gasteiger partial charge is 0.355 e. The summed E-state index contributed by atoms with van der Waals surface area (Å²) in [5, 5.41) is 0. The maximum absolute atomic E-state index is 6.42. The van der Waals surface area contributed by atoms with Crippen LogP contribution >= 0.6 is 19.2 Å². The molecule has 0 bridgehead atoms. The first-order chi connectivity index (χ1) is 11.4. The van der Waals surface area contributed by atoms with Crippen molar-refractivity contribution in [3.8, 4) is 0 Å². The highest BCUT2D eigenvalue weighted by Gasteiger charge is 2.37. The van der Waals surface area contributed by atoms with E-state index in [-0.39, 0.29) is 7.93 Å². The third-order valence-electron chi connectivity index (χ3n) is 3.88. The molecule has 0 saturated carbocycles. The monoisotopic (exact) mass is 340 g/mol. The number of halogens is 1. The maximum atomic E-state index is 6.42. The number of hydrogen-bond donors (Lipinski definition) is 0. The van der Waals surface area contributed by atoms with Crippen molar-refractivity contribution in [3.05, 3.63) is 108 Å². The smallest absolute Gasteiger partial charge is 0.144 e. The average Bonchev–Trinajstić information content (AvgIpc) is 2.65. The third kappa shape index (κ3) is 3.33. The van der Waals surface area contributed by atoms with E-state index in [4.69, 9.17) is 16.0 Å². The van der Waals surface area contributed by atoms with Gasteiger partial charge in [-0.15, -0.1) is 0 Å². The first-order valence-electron chi connectivity index (χ1n) is 7.52. The molecule has 0 spiro atoms. The highest BCUT2D eigenvalue weighted by molar-refractivity contribution is 7.68. The minimum absolute atomic E-state index is 0.216. The molecular formula is C20H18ClOP. The van der Waals surface area contributed by atoms with Crippen molar-refractivity contribution < 1.29 is 4.74 Å². The summed E-state index contributed by atoms with van der Waals surface area (Å²) in [7, 11) is 0.216. The van der Waals surface area contributed by atoms with Crippen LogP contribution in [0.1, 0.15) is 16.7 Å². The van der Waals surface area contributed by atoms with E-state index in [0.29, 0.717) is 6.35 Å². The van der Waals surface area contributed by atoms with Gasteiger partial charge in [-0.3, -0.25) is 0 Å². The zero-order chi connectivity index (χ0) is 16.0. The van der Waals surface area contributed by atoms with Gasteiger partial charge in [-0.25, -0.2) is 0 Å². The zero-order valence-corrected chi connectivity index (χ0v) is 14.4.